The average molecular weight is 329 g/mol. The maximum Gasteiger partial charge on any atom is 0.270 e. The fourth-order valence-electron chi connectivity index (χ4n) is 2.23. The van der Waals surface area contributed by atoms with E-state index >= 15 is 0 Å². The molecule has 0 saturated heterocycles. The Morgan fingerprint density at radius 1 is 1.33 bits per heavy atom. The molecule has 0 spiro atoms. The van der Waals surface area contributed by atoms with Gasteiger partial charge in [-0.2, -0.15) is 0 Å². The molecule has 0 fully saturated rings. The van der Waals surface area contributed by atoms with Gasteiger partial charge in [0.15, 0.2) is 0 Å². The standard InChI is InChI=1S/C18H21N3O3.H2/c1-5-12-10-20-16(9-15(12)19-2)18(22)21-11-13-6-7-14(23-3)8-17(13)24-4;/h5-10H,1,11H2,2-4H3,(H,19,20)(H,21,22);1H. The Balaban J connectivity index is 0.00000312. The van der Waals surface area contributed by atoms with Gasteiger partial charge in [0.2, 0.25) is 0 Å². The lowest BCUT2D eigenvalue weighted by Crippen LogP contribution is -2.24. The van der Waals surface area contributed by atoms with Gasteiger partial charge in [-0.25, -0.2) is 0 Å². The minimum Gasteiger partial charge on any atom is -0.497 e. The van der Waals surface area contributed by atoms with Crippen LogP contribution in [0.5, 0.6) is 11.5 Å². The monoisotopic (exact) mass is 329 g/mol. The van der Waals surface area contributed by atoms with Crippen molar-refractivity contribution in [1.29, 1.82) is 0 Å². The van der Waals surface area contributed by atoms with Crippen molar-refractivity contribution in [2.24, 2.45) is 0 Å². The molecule has 1 aromatic heterocycles. The minimum absolute atomic E-state index is 0. The molecule has 128 valence electrons. The van der Waals surface area contributed by atoms with Crippen molar-refractivity contribution in [2.75, 3.05) is 26.6 Å². The van der Waals surface area contributed by atoms with Crippen molar-refractivity contribution in [2.45, 2.75) is 6.54 Å². The molecule has 2 aromatic rings. The number of anilines is 1. The Labute approximate surface area is 143 Å². The number of rotatable bonds is 7. The number of carbonyl (C=O) groups is 1. The topological polar surface area (TPSA) is 72.5 Å². The number of aromatic nitrogens is 1. The molecule has 1 amide bonds. The van der Waals surface area contributed by atoms with Gasteiger partial charge < -0.3 is 20.1 Å². The summed E-state index contributed by atoms with van der Waals surface area (Å²) in [5.41, 5.74) is 2.82. The van der Waals surface area contributed by atoms with Gasteiger partial charge >= 0.3 is 0 Å². The Morgan fingerprint density at radius 2 is 2.12 bits per heavy atom. The van der Waals surface area contributed by atoms with Crippen LogP contribution in [0.4, 0.5) is 5.69 Å². The summed E-state index contributed by atoms with van der Waals surface area (Å²) < 4.78 is 10.5. The Hall–Kier alpha value is -3.02. The van der Waals surface area contributed by atoms with E-state index in [1.807, 2.05) is 12.1 Å². The van der Waals surface area contributed by atoms with Gasteiger partial charge in [-0.1, -0.05) is 12.7 Å². The summed E-state index contributed by atoms with van der Waals surface area (Å²) >= 11 is 0. The molecule has 0 aliphatic heterocycles. The molecule has 0 aliphatic carbocycles. The molecule has 6 nitrogen and oxygen atoms in total. The van der Waals surface area contributed by atoms with Crippen molar-refractivity contribution in [1.82, 2.24) is 10.3 Å². The lowest BCUT2D eigenvalue weighted by molar-refractivity contribution is 0.0946. The van der Waals surface area contributed by atoms with Gasteiger partial charge in [0.1, 0.15) is 17.2 Å². The van der Waals surface area contributed by atoms with Crippen molar-refractivity contribution in [3.05, 3.63) is 53.9 Å². The van der Waals surface area contributed by atoms with E-state index in [9.17, 15) is 4.79 Å². The zero-order valence-electron chi connectivity index (χ0n) is 14.1. The molecule has 6 heteroatoms. The smallest absolute Gasteiger partial charge is 0.270 e. The zero-order valence-corrected chi connectivity index (χ0v) is 14.1. The fourth-order valence-corrected chi connectivity index (χ4v) is 2.23. The summed E-state index contributed by atoms with van der Waals surface area (Å²) in [7, 11) is 4.95. The molecule has 1 aromatic carbocycles. The fraction of sp³-hybridized carbons (Fsp3) is 0.222. The summed E-state index contributed by atoms with van der Waals surface area (Å²) in [4.78, 5) is 16.5. The van der Waals surface area contributed by atoms with Crippen LogP contribution in [0.15, 0.2) is 37.0 Å². The highest BCUT2D eigenvalue weighted by atomic mass is 16.5. The SMILES string of the molecule is C=Cc1cnc(C(=O)NCc2ccc(OC)cc2OC)cc1NC.[HH]. The highest BCUT2D eigenvalue weighted by Gasteiger charge is 2.11. The first kappa shape index (κ1) is 17.3. The van der Waals surface area contributed by atoms with Gasteiger partial charge in [-0.15, -0.1) is 0 Å². The first-order valence-electron chi connectivity index (χ1n) is 7.42. The maximum atomic E-state index is 12.3. The number of nitrogens with one attached hydrogen (secondary N) is 2. The quantitative estimate of drug-likeness (QED) is 0.817. The molecule has 0 unspecified atom stereocenters. The summed E-state index contributed by atoms with van der Waals surface area (Å²) in [5.74, 6) is 1.09. The predicted molar refractivity (Wildman–Crippen MR) is 96.7 cm³/mol. The molecular weight excluding hydrogens is 306 g/mol. The van der Waals surface area contributed by atoms with Crippen LogP contribution in [0.2, 0.25) is 0 Å². The highest BCUT2D eigenvalue weighted by molar-refractivity contribution is 5.93. The third-order valence-electron chi connectivity index (χ3n) is 3.59. The van der Waals surface area contributed by atoms with Gasteiger partial charge in [0.05, 0.1) is 14.2 Å². The van der Waals surface area contributed by atoms with Crippen molar-refractivity contribution in [3.63, 3.8) is 0 Å². The summed E-state index contributed by atoms with van der Waals surface area (Å²) in [5, 5.41) is 5.86. The second-order valence-electron chi connectivity index (χ2n) is 4.97. The van der Waals surface area contributed by atoms with E-state index in [2.05, 4.69) is 22.2 Å². The number of hydrogen-bond donors (Lipinski definition) is 2. The van der Waals surface area contributed by atoms with Crippen LogP contribution in [0.1, 0.15) is 23.0 Å². The number of methoxy groups -OCH3 is 2. The van der Waals surface area contributed by atoms with E-state index in [1.54, 1.807) is 45.7 Å². The van der Waals surface area contributed by atoms with Gasteiger partial charge in [-0.3, -0.25) is 9.78 Å². The molecule has 0 saturated carbocycles. The predicted octanol–water partition coefficient (Wildman–Crippen LogP) is 2.96. The van der Waals surface area contributed by atoms with E-state index in [1.165, 1.54) is 0 Å². The van der Waals surface area contributed by atoms with E-state index in [0.717, 1.165) is 16.8 Å². The average Bonchev–Trinajstić information content (AvgIpc) is 2.65. The lowest BCUT2D eigenvalue weighted by Gasteiger charge is -2.12. The van der Waals surface area contributed by atoms with Gasteiger partial charge in [0, 0.05) is 44.1 Å². The first-order valence-corrected chi connectivity index (χ1v) is 7.42. The molecular formula is C18H23N3O3. The number of ether oxygens (including phenoxy) is 2. The molecule has 0 bridgehead atoms. The lowest BCUT2D eigenvalue weighted by atomic mass is 10.1. The third-order valence-corrected chi connectivity index (χ3v) is 3.59. The summed E-state index contributed by atoms with van der Waals surface area (Å²) in [6.45, 7) is 4.04. The number of nitrogens with zero attached hydrogens (tertiary/aromatic N) is 1. The van der Waals surface area contributed by atoms with Crippen LogP contribution in [0.3, 0.4) is 0 Å². The highest BCUT2D eigenvalue weighted by Crippen LogP contribution is 2.24. The molecule has 2 N–H and O–H groups in total. The second-order valence-corrected chi connectivity index (χ2v) is 4.97. The molecule has 0 aliphatic rings. The van der Waals surface area contributed by atoms with E-state index < -0.39 is 0 Å². The van der Waals surface area contributed by atoms with Crippen molar-refractivity contribution >= 4 is 17.7 Å². The van der Waals surface area contributed by atoms with E-state index in [0.29, 0.717) is 23.7 Å². The van der Waals surface area contributed by atoms with Crippen LogP contribution in [-0.2, 0) is 6.54 Å². The summed E-state index contributed by atoms with van der Waals surface area (Å²) in [6.07, 6.45) is 3.30. The minimum atomic E-state index is -0.264. The van der Waals surface area contributed by atoms with Crippen LogP contribution >= 0.6 is 0 Å². The zero-order chi connectivity index (χ0) is 17.5. The Morgan fingerprint density at radius 3 is 2.75 bits per heavy atom. The van der Waals surface area contributed by atoms with Gasteiger partial charge in [-0.05, 0) is 18.2 Å². The first-order chi connectivity index (χ1) is 11.6. The molecule has 0 atom stereocenters. The largest absolute Gasteiger partial charge is 0.497 e. The number of amides is 1. The van der Waals surface area contributed by atoms with Crippen LogP contribution in [-0.4, -0.2) is 32.2 Å². The molecule has 24 heavy (non-hydrogen) atoms. The third kappa shape index (κ3) is 3.84. The molecule has 1 heterocycles. The number of hydrogen-bond acceptors (Lipinski definition) is 5. The van der Waals surface area contributed by atoms with E-state index in [4.69, 9.17) is 9.47 Å². The Bertz CT molecular complexity index is 750. The summed E-state index contributed by atoms with van der Waals surface area (Å²) in [6, 6.07) is 7.14. The normalized spacial score (nSPS) is 9.96. The van der Waals surface area contributed by atoms with Crippen molar-refractivity contribution in [3.8, 4) is 11.5 Å². The van der Waals surface area contributed by atoms with Crippen molar-refractivity contribution < 1.29 is 15.7 Å². The van der Waals surface area contributed by atoms with Crippen LogP contribution in [0, 0.1) is 0 Å². The second kappa shape index (κ2) is 8.01. The van der Waals surface area contributed by atoms with E-state index in [-0.39, 0.29) is 7.33 Å². The van der Waals surface area contributed by atoms with Crippen LogP contribution < -0.4 is 20.1 Å². The maximum absolute atomic E-state index is 12.3. The Kier molecular flexibility index (Phi) is 5.78. The number of pyridine rings is 1. The number of carbonyl (C=O) groups excluding carboxylic acids is 1. The molecule has 0 radical (unpaired) electrons. The number of benzene rings is 1. The van der Waals surface area contributed by atoms with Gasteiger partial charge in [0.25, 0.3) is 5.91 Å². The van der Waals surface area contributed by atoms with Crippen LogP contribution in [0.25, 0.3) is 6.08 Å². The molecule has 2 rings (SSSR count).